The van der Waals surface area contributed by atoms with E-state index in [4.69, 9.17) is 5.02 Å². The molecular weight excluding hydrogens is 90.9 g/mol. The average Bonchev–Trinajstić information content (AvgIpc) is 1.68. The fraction of sp³-hybridized carbons (Fsp3) is 1.00. The maximum Gasteiger partial charge on any atom is 0.453 e. The normalized spacial score (nSPS) is 9.00. The standard InChI is InChI=1S/C4H11BO2/c1-3-4-5(6)7-2/h6H,3-4H2,1-2H3. The fourth-order valence-electron chi connectivity index (χ4n) is 0.365. The Balaban J connectivity index is 2.83. The SMILES string of the molecule is CCCB(O)OC. The molecule has 0 heterocycles. The fourth-order valence-corrected chi connectivity index (χ4v) is 0.365. The van der Waals surface area contributed by atoms with Gasteiger partial charge in [-0.2, -0.15) is 0 Å². The van der Waals surface area contributed by atoms with Crippen LogP contribution in [0.3, 0.4) is 0 Å². The van der Waals surface area contributed by atoms with Crippen LogP contribution in [-0.2, 0) is 4.65 Å². The van der Waals surface area contributed by atoms with Crippen molar-refractivity contribution in [2.75, 3.05) is 7.11 Å². The molecular formula is C4H11BO2. The first-order valence-corrected chi connectivity index (χ1v) is 2.52. The molecule has 0 saturated carbocycles. The van der Waals surface area contributed by atoms with E-state index in [1.807, 2.05) is 6.92 Å². The zero-order chi connectivity index (χ0) is 5.70. The lowest BCUT2D eigenvalue weighted by Gasteiger charge is -1.97. The molecule has 0 spiro atoms. The summed E-state index contributed by atoms with van der Waals surface area (Å²) in [4.78, 5) is 0. The summed E-state index contributed by atoms with van der Waals surface area (Å²) >= 11 is 0. The summed E-state index contributed by atoms with van der Waals surface area (Å²) in [7, 11) is 0.949. The minimum Gasteiger partial charge on any atom is -0.427 e. The van der Waals surface area contributed by atoms with Gasteiger partial charge in [0.25, 0.3) is 0 Å². The van der Waals surface area contributed by atoms with E-state index < -0.39 is 7.12 Å². The molecule has 0 saturated heterocycles. The highest BCUT2D eigenvalue weighted by Crippen LogP contribution is 1.91. The first-order chi connectivity index (χ1) is 3.31. The summed E-state index contributed by atoms with van der Waals surface area (Å²) < 4.78 is 4.55. The first kappa shape index (κ1) is 6.98. The summed E-state index contributed by atoms with van der Waals surface area (Å²) in [6.07, 6.45) is 1.70. The van der Waals surface area contributed by atoms with Crippen molar-refractivity contribution < 1.29 is 9.68 Å². The molecule has 7 heavy (non-hydrogen) atoms. The maximum atomic E-state index is 8.64. The van der Waals surface area contributed by atoms with Gasteiger partial charge in [0.15, 0.2) is 0 Å². The van der Waals surface area contributed by atoms with Crippen molar-refractivity contribution in [2.24, 2.45) is 0 Å². The largest absolute Gasteiger partial charge is 0.453 e. The third-order valence-electron chi connectivity index (χ3n) is 0.808. The Morgan fingerprint density at radius 1 is 1.71 bits per heavy atom. The predicted molar refractivity (Wildman–Crippen MR) is 30.1 cm³/mol. The smallest absolute Gasteiger partial charge is 0.427 e. The van der Waals surface area contributed by atoms with Crippen LogP contribution < -0.4 is 0 Å². The molecule has 0 bridgehead atoms. The molecule has 0 aliphatic heterocycles. The van der Waals surface area contributed by atoms with Crippen LogP contribution in [-0.4, -0.2) is 19.3 Å². The molecule has 0 amide bonds. The highest BCUT2D eigenvalue weighted by Gasteiger charge is 2.05. The summed E-state index contributed by atoms with van der Waals surface area (Å²) in [5.41, 5.74) is 0. The van der Waals surface area contributed by atoms with Crippen LogP contribution in [0.1, 0.15) is 13.3 Å². The number of hydrogen-bond donors (Lipinski definition) is 1. The van der Waals surface area contributed by atoms with Gasteiger partial charge in [0.1, 0.15) is 0 Å². The molecule has 0 aliphatic rings. The highest BCUT2D eigenvalue weighted by atomic mass is 16.5. The molecule has 3 heteroatoms. The van der Waals surface area contributed by atoms with Gasteiger partial charge in [-0.05, 0) is 6.32 Å². The van der Waals surface area contributed by atoms with Gasteiger partial charge in [0.2, 0.25) is 0 Å². The predicted octanol–water partition coefficient (Wildman–Crippen LogP) is 0.523. The lowest BCUT2D eigenvalue weighted by Crippen LogP contribution is -2.13. The van der Waals surface area contributed by atoms with E-state index in [0.717, 1.165) is 12.7 Å². The molecule has 0 atom stereocenters. The average molecular weight is 102 g/mol. The Morgan fingerprint density at radius 2 is 2.29 bits per heavy atom. The number of hydrogen-bond acceptors (Lipinski definition) is 2. The van der Waals surface area contributed by atoms with Crippen LogP contribution in [0.4, 0.5) is 0 Å². The van der Waals surface area contributed by atoms with Crippen molar-refractivity contribution in [1.29, 1.82) is 0 Å². The minimum absolute atomic E-state index is 0.551. The molecule has 0 aromatic rings. The van der Waals surface area contributed by atoms with Crippen LogP contribution in [0, 0.1) is 0 Å². The summed E-state index contributed by atoms with van der Waals surface area (Å²) in [5.74, 6) is 0. The summed E-state index contributed by atoms with van der Waals surface area (Å²) in [6, 6.07) is 0. The molecule has 0 rings (SSSR count). The zero-order valence-corrected chi connectivity index (χ0v) is 4.85. The number of rotatable bonds is 3. The minimum atomic E-state index is -0.551. The van der Waals surface area contributed by atoms with E-state index in [1.165, 1.54) is 7.11 Å². The quantitative estimate of drug-likeness (QED) is 0.526. The van der Waals surface area contributed by atoms with Crippen LogP contribution >= 0.6 is 0 Å². The van der Waals surface area contributed by atoms with Gasteiger partial charge in [-0.3, -0.25) is 0 Å². The summed E-state index contributed by atoms with van der Waals surface area (Å²) in [6.45, 7) is 2.00. The summed E-state index contributed by atoms with van der Waals surface area (Å²) in [5, 5.41) is 8.64. The van der Waals surface area contributed by atoms with Crippen molar-refractivity contribution in [3.8, 4) is 0 Å². The molecule has 42 valence electrons. The first-order valence-electron chi connectivity index (χ1n) is 2.52. The van der Waals surface area contributed by atoms with E-state index >= 15 is 0 Å². The van der Waals surface area contributed by atoms with Gasteiger partial charge in [-0.1, -0.05) is 13.3 Å². The molecule has 0 radical (unpaired) electrons. The van der Waals surface area contributed by atoms with E-state index in [1.54, 1.807) is 0 Å². The molecule has 0 fully saturated rings. The Kier molecular flexibility index (Phi) is 4.14. The van der Waals surface area contributed by atoms with Gasteiger partial charge < -0.3 is 9.68 Å². The molecule has 1 N–H and O–H groups in total. The van der Waals surface area contributed by atoms with Gasteiger partial charge in [0, 0.05) is 7.11 Å². The molecule has 0 aliphatic carbocycles. The van der Waals surface area contributed by atoms with Crippen molar-refractivity contribution >= 4 is 7.12 Å². The van der Waals surface area contributed by atoms with E-state index in [9.17, 15) is 0 Å². The van der Waals surface area contributed by atoms with E-state index in [-0.39, 0.29) is 0 Å². The second-order valence-corrected chi connectivity index (χ2v) is 1.48. The van der Waals surface area contributed by atoms with Crippen LogP contribution in [0.15, 0.2) is 0 Å². The molecule has 0 aromatic heterocycles. The Labute approximate surface area is 44.6 Å². The maximum absolute atomic E-state index is 8.64. The second kappa shape index (κ2) is 4.15. The molecule has 2 nitrogen and oxygen atoms in total. The topological polar surface area (TPSA) is 29.5 Å². The van der Waals surface area contributed by atoms with Crippen molar-refractivity contribution in [1.82, 2.24) is 0 Å². The van der Waals surface area contributed by atoms with Crippen LogP contribution in [0.2, 0.25) is 6.32 Å². The Morgan fingerprint density at radius 3 is 2.43 bits per heavy atom. The third kappa shape index (κ3) is 3.82. The molecule has 0 unspecified atom stereocenters. The second-order valence-electron chi connectivity index (χ2n) is 1.48. The monoisotopic (exact) mass is 102 g/mol. The lowest BCUT2D eigenvalue weighted by molar-refractivity contribution is 0.325. The van der Waals surface area contributed by atoms with Crippen molar-refractivity contribution in [3.63, 3.8) is 0 Å². The lowest BCUT2D eigenvalue weighted by atomic mass is 9.84. The van der Waals surface area contributed by atoms with E-state index in [2.05, 4.69) is 4.65 Å². The Bertz CT molecular complexity index is 40.7. The van der Waals surface area contributed by atoms with Gasteiger partial charge in [-0.25, -0.2) is 0 Å². The molecule has 0 aromatic carbocycles. The van der Waals surface area contributed by atoms with Gasteiger partial charge >= 0.3 is 7.12 Å². The zero-order valence-electron chi connectivity index (χ0n) is 4.85. The highest BCUT2D eigenvalue weighted by molar-refractivity contribution is 6.42. The van der Waals surface area contributed by atoms with Crippen LogP contribution in [0.25, 0.3) is 0 Å². The van der Waals surface area contributed by atoms with Crippen LogP contribution in [0.5, 0.6) is 0 Å². The Hall–Kier alpha value is -0.0151. The van der Waals surface area contributed by atoms with E-state index in [0.29, 0.717) is 0 Å². The van der Waals surface area contributed by atoms with Gasteiger partial charge in [0.05, 0.1) is 0 Å². The van der Waals surface area contributed by atoms with Crippen molar-refractivity contribution in [2.45, 2.75) is 19.7 Å². The third-order valence-corrected chi connectivity index (χ3v) is 0.808. The van der Waals surface area contributed by atoms with Crippen molar-refractivity contribution in [3.05, 3.63) is 0 Å². The van der Waals surface area contributed by atoms with Gasteiger partial charge in [-0.15, -0.1) is 0 Å².